The number of ether oxygens (including phenoxy) is 1. The molecule has 6 nitrogen and oxygen atoms in total. The van der Waals surface area contributed by atoms with Crippen LogP contribution in [0.1, 0.15) is 23.0 Å². The van der Waals surface area contributed by atoms with Crippen molar-refractivity contribution in [3.05, 3.63) is 59.4 Å². The van der Waals surface area contributed by atoms with Crippen LogP contribution in [0, 0.1) is 18.8 Å². The molecule has 3 heterocycles. The number of aryl methyl sites for hydroxylation is 1. The number of pyridine rings is 1. The van der Waals surface area contributed by atoms with Crippen molar-refractivity contribution in [1.82, 2.24) is 19.7 Å². The molecular formula is C23H30N4O2. The SMILES string of the molecule is COc1ccc([C@H]2[C@@H]3CN(Cc4cccc(C)n4)C[C@@H]3CN2C(=O)N(C)C)cc1. The van der Waals surface area contributed by atoms with Gasteiger partial charge in [0.2, 0.25) is 0 Å². The molecular weight excluding hydrogens is 364 g/mol. The average Bonchev–Trinajstić information content (AvgIpc) is 3.24. The van der Waals surface area contributed by atoms with Crippen LogP contribution < -0.4 is 4.74 Å². The Labute approximate surface area is 173 Å². The second-order valence-electron chi connectivity index (χ2n) is 8.44. The summed E-state index contributed by atoms with van der Waals surface area (Å²) in [6.45, 7) is 5.69. The van der Waals surface area contributed by atoms with Crippen LogP contribution in [0.15, 0.2) is 42.5 Å². The molecule has 3 atom stereocenters. The highest BCUT2D eigenvalue weighted by atomic mass is 16.5. The first-order valence-corrected chi connectivity index (χ1v) is 10.2. The number of likely N-dealkylation sites (tertiary alicyclic amines) is 2. The van der Waals surface area contributed by atoms with Crippen LogP contribution in [-0.4, -0.2) is 66.6 Å². The highest BCUT2D eigenvalue weighted by Gasteiger charge is 2.49. The van der Waals surface area contributed by atoms with Gasteiger partial charge >= 0.3 is 6.03 Å². The van der Waals surface area contributed by atoms with Crippen molar-refractivity contribution < 1.29 is 9.53 Å². The van der Waals surface area contributed by atoms with E-state index in [0.29, 0.717) is 11.8 Å². The van der Waals surface area contributed by atoms with Gasteiger partial charge in [0.1, 0.15) is 5.75 Å². The van der Waals surface area contributed by atoms with E-state index in [4.69, 9.17) is 4.74 Å². The highest BCUT2D eigenvalue weighted by Crippen LogP contribution is 2.45. The Morgan fingerprint density at radius 3 is 2.55 bits per heavy atom. The zero-order valence-corrected chi connectivity index (χ0v) is 17.7. The second kappa shape index (κ2) is 8.03. The predicted octanol–water partition coefficient (Wildman–Crippen LogP) is 3.19. The molecule has 0 aliphatic carbocycles. The van der Waals surface area contributed by atoms with Crippen LogP contribution in [0.4, 0.5) is 4.79 Å². The zero-order valence-electron chi connectivity index (χ0n) is 17.7. The first-order chi connectivity index (χ1) is 14.0. The molecule has 2 aromatic rings. The normalized spacial score (nSPS) is 23.9. The number of urea groups is 1. The monoisotopic (exact) mass is 394 g/mol. The fraction of sp³-hybridized carbons (Fsp3) is 0.478. The van der Waals surface area contributed by atoms with E-state index in [9.17, 15) is 4.79 Å². The Morgan fingerprint density at radius 1 is 1.14 bits per heavy atom. The van der Waals surface area contributed by atoms with Gasteiger partial charge in [0.05, 0.1) is 18.8 Å². The minimum absolute atomic E-state index is 0.0899. The van der Waals surface area contributed by atoms with E-state index >= 15 is 0 Å². The summed E-state index contributed by atoms with van der Waals surface area (Å²) >= 11 is 0. The molecule has 2 amide bonds. The summed E-state index contributed by atoms with van der Waals surface area (Å²) in [6, 6.07) is 14.6. The molecule has 29 heavy (non-hydrogen) atoms. The molecule has 6 heteroatoms. The third kappa shape index (κ3) is 3.94. The molecule has 0 spiro atoms. The smallest absolute Gasteiger partial charge is 0.320 e. The molecule has 2 saturated heterocycles. The average molecular weight is 395 g/mol. The third-order valence-electron chi connectivity index (χ3n) is 6.16. The topological polar surface area (TPSA) is 48.9 Å². The van der Waals surface area contributed by atoms with Gasteiger partial charge in [-0.1, -0.05) is 18.2 Å². The summed E-state index contributed by atoms with van der Waals surface area (Å²) < 4.78 is 5.32. The van der Waals surface area contributed by atoms with E-state index in [1.54, 1.807) is 12.0 Å². The van der Waals surface area contributed by atoms with Gasteiger partial charge in [-0.2, -0.15) is 0 Å². The van der Waals surface area contributed by atoms with Crippen molar-refractivity contribution in [1.29, 1.82) is 0 Å². The number of nitrogens with zero attached hydrogens (tertiary/aromatic N) is 4. The Bertz CT molecular complexity index is 867. The lowest BCUT2D eigenvalue weighted by Crippen LogP contribution is -2.41. The zero-order chi connectivity index (χ0) is 20.5. The van der Waals surface area contributed by atoms with Gasteiger partial charge < -0.3 is 14.5 Å². The lowest BCUT2D eigenvalue weighted by atomic mass is 9.89. The van der Waals surface area contributed by atoms with Crippen molar-refractivity contribution in [3.8, 4) is 5.75 Å². The molecule has 2 aliphatic heterocycles. The van der Waals surface area contributed by atoms with E-state index in [0.717, 1.165) is 43.3 Å². The van der Waals surface area contributed by atoms with Gasteiger partial charge in [-0.05, 0) is 42.7 Å². The number of amides is 2. The van der Waals surface area contributed by atoms with Crippen LogP contribution in [0.25, 0.3) is 0 Å². The minimum Gasteiger partial charge on any atom is -0.497 e. The number of methoxy groups -OCH3 is 1. The fourth-order valence-corrected chi connectivity index (χ4v) is 4.86. The molecule has 2 aliphatic rings. The number of aromatic nitrogens is 1. The molecule has 1 aromatic carbocycles. The van der Waals surface area contributed by atoms with Crippen molar-refractivity contribution in [2.24, 2.45) is 11.8 Å². The number of hydrogen-bond donors (Lipinski definition) is 0. The van der Waals surface area contributed by atoms with Gasteiger partial charge in [-0.3, -0.25) is 9.88 Å². The molecule has 0 unspecified atom stereocenters. The largest absolute Gasteiger partial charge is 0.497 e. The lowest BCUT2D eigenvalue weighted by molar-refractivity contribution is 0.151. The van der Waals surface area contributed by atoms with Crippen molar-refractivity contribution in [2.45, 2.75) is 19.5 Å². The first-order valence-electron chi connectivity index (χ1n) is 10.2. The summed E-state index contributed by atoms with van der Waals surface area (Å²) in [5.41, 5.74) is 3.36. The number of fused-ring (bicyclic) bond motifs is 1. The van der Waals surface area contributed by atoms with Crippen molar-refractivity contribution in [3.63, 3.8) is 0 Å². The quantitative estimate of drug-likeness (QED) is 0.799. The van der Waals surface area contributed by atoms with E-state index in [1.165, 1.54) is 5.56 Å². The number of carbonyl (C=O) groups excluding carboxylic acids is 1. The summed E-state index contributed by atoms with van der Waals surface area (Å²) in [4.78, 5) is 23.8. The van der Waals surface area contributed by atoms with Crippen LogP contribution in [0.5, 0.6) is 5.75 Å². The van der Waals surface area contributed by atoms with E-state index in [-0.39, 0.29) is 12.1 Å². The van der Waals surface area contributed by atoms with E-state index in [2.05, 4.69) is 39.0 Å². The Kier molecular flexibility index (Phi) is 5.46. The number of hydrogen-bond acceptors (Lipinski definition) is 4. The van der Waals surface area contributed by atoms with E-state index in [1.807, 2.05) is 39.2 Å². The molecule has 4 rings (SSSR count). The minimum atomic E-state index is 0.0899. The van der Waals surface area contributed by atoms with Gasteiger partial charge in [0, 0.05) is 51.9 Å². The third-order valence-corrected chi connectivity index (χ3v) is 6.16. The molecule has 154 valence electrons. The predicted molar refractivity (Wildman–Crippen MR) is 113 cm³/mol. The number of carbonyl (C=O) groups is 1. The molecule has 1 aromatic heterocycles. The van der Waals surface area contributed by atoms with E-state index < -0.39 is 0 Å². The molecule has 0 saturated carbocycles. The Balaban J connectivity index is 1.56. The summed E-state index contributed by atoms with van der Waals surface area (Å²) in [6.07, 6.45) is 0. The molecule has 0 radical (unpaired) electrons. The maximum absolute atomic E-state index is 12.9. The summed E-state index contributed by atoms with van der Waals surface area (Å²) in [5.74, 6) is 1.75. The van der Waals surface area contributed by atoms with Gasteiger partial charge in [-0.25, -0.2) is 4.79 Å². The maximum atomic E-state index is 12.9. The molecule has 0 bridgehead atoms. The van der Waals surface area contributed by atoms with Crippen molar-refractivity contribution >= 4 is 6.03 Å². The highest BCUT2D eigenvalue weighted by molar-refractivity contribution is 5.75. The van der Waals surface area contributed by atoms with Crippen LogP contribution in [-0.2, 0) is 6.54 Å². The lowest BCUT2D eigenvalue weighted by Gasteiger charge is -2.32. The first kappa shape index (κ1) is 19.7. The standard InChI is InChI=1S/C23H30N4O2/c1-16-6-5-7-19(24-16)14-26-12-18-13-27(23(28)25(2)3)22(21(18)15-26)17-8-10-20(29-4)11-9-17/h5-11,18,21-22H,12-15H2,1-4H3/t18-,21-,22+/m1/s1. The number of benzene rings is 1. The van der Waals surface area contributed by atoms with Crippen LogP contribution in [0.3, 0.4) is 0 Å². The van der Waals surface area contributed by atoms with Gasteiger partial charge in [0.25, 0.3) is 0 Å². The second-order valence-corrected chi connectivity index (χ2v) is 8.44. The number of rotatable bonds is 4. The summed E-state index contributed by atoms with van der Waals surface area (Å²) in [7, 11) is 5.34. The summed E-state index contributed by atoms with van der Waals surface area (Å²) in [5, 5.41) is 0. The Hall–Kier alpha value is -2.60. The molecule has 0 N–H and O–H groups in total. The Morgan fingerprint density at radius 2 is 1.90 bits per heavy atom. The maximum Gasteiger partial charge on any atom is 0.320 e. The van der Waals surface area contributed by atoms with Crippen LogP contribution in [0.2, 0.25) is 0 Å². The molecule has 2 fully saturated rings. The van der Waals surface area contributed by atoms with Gasteiger partial charge in [-0.15, -0.1) is 0 Å². The van der Waals surface area contributed by atoms with Crippen LogP contribution >= 0.6 is 0 Å². The fourth-order valence-electron chi connectivity index (χ4n) is 4.86. The van der Waals surface area contributed by atoms with Crippen molar-refractivity contribution in [2.75, 3.05) is 40.8 Å². The van der Waals surface area contributed by atoms with Gasteiger partial charge in [0.15, 0.2) is 0 Å².